The molecule has 1 aliphatic rings. The van der Waals surface area contributed by atoms with E-state index >= 15 is 0 Å². The lowest BCUT2D eigenvalue weighted by Gasteiger charge is -2.28. The van der Waals surface area contributed by atoms with Gasteiger partial charge < -0.3 is 10.6 Å². The van der Waals surface area contributed by atoms with Crippen LogP contribution < -0.4 is 10.6 Å². The smallest absolute Gasteiger partial charge is 0.274 e. The molecule has 8 nitrogen and oxygen atoms in total. The first-order chi connectivity index (χ1) is 18.7. The Hall–Kier alpha value is -4.56. The Morgan fingerprint density at radius 1 is 0.842 bits per heavy atom. The quantitative estimate of drug-likeness (QED) is 0.318. The van der Waals surface area contributed by atoms with E-state index in [1.165, 1.54) is 11.1 Å². The van der Waals surface area contributed by atoms with Crippen molar-refractivity contribution < 1.29 is 4.79 Å². The number of rotatable bonds is 8. The van der Waals surface area contributed by atoms with Crippen molar-refractivity contribution in [3.8, 4) is 0 Å². The topological polar surface area (TPSA) is 88.0 Å². The minimum absolute atomic E-state index is 0.253. The summed E-state index contributed by atoms with van der Waals surface area (Å²) in [5.41, 5.74) is 6.38. The first-order valence-electron chi connectivity index (χ1n) is 12.9. The van der Waals surface area contributed by atoms with Crippen LogP contribution in [-0.4, -0.2) is 43.9 Å². The fraction of sp³-hybridized carbons (Fsp3) is 0.200. The number of carbonyl (C=O) groups is 1. The molecular formula is C30H29N7O. The summed E-state index contributed by atoms with van der Waals surface area (Å²) in [4.78, 5) is 19.9. The van der Waals surface area contributed by atoms with E-state index < -0.39 is 0 Å². The van der Waals surface area contributed by atoms with Crippen molar-refractivity contribution in [1.29, 1.82) is 0 Å². The molecule has 2 N–H and O–H groups in total. The number of nitrogens with zero attached hydrogens (tertiary/aromatic N) is 5. The third-order valence-corrected chi connectivity index (χ3v) is 6.91. The highest BCUT2D eigenvalue weighted by molar-refractivity contribution is 6.05. The van der Waals surface area contributed by atoms with Gasteiger partial charge in [0.2, 0.25) is 0 Å². The standard InChI is InChI=1S/C30H29N7O/c38-30(29-14-13-23-8-3-4-10-26(23)32-29)33-28-12-6-5-11-27(28)31-19-25-21-37(35-34-25)18-17-36-16-15-22-7-1-2-9-24(22)20-36/h1-14,21,31H,15-20H2,(H,33,38). The number of carbonyl (C=O) groups excluding carboxylic acids is 1. The molecule has 190 valence electrons. The summed E-state index contributed by atoms with van der Waals surface area (Å²) in [6.45, 7) is 4.27. The Morgan fingerprint density at radius 3 is 2.55 bits per heavy atom. The first-order valence-corrected chi connectivity index (χ1v) is 12.9. The van der Waals surface area contributed by atoms with Crippen LogP contribution in [0.5, 0.6) is 0 Å². The first kappa shape index (κ1) is 23.8. The van der Waals surface area contributed by atoms with E-state index in [0.29, 0.717) is 17.9 Å². The molecular weight excluding hydrogens is 474 g/mol. The van der Waals surface area contributed by atoms with Crippen LogP contribution in [0, 0.1) is 0 Å². The van der Waals surface area contributed by atoms with Crippen LogP contribution in [0.1, 0.15) is 27.3 Å². The molecule has 5 aromatic rings. The van der Waals surface area contributed by atoms with Gasteiger partial charge in [0.1, 0.15) is 11.4 Å². The molecule has 1 amide bonds. The van der Waals surface area contributed by atoms with Crippen LogP contribution in [0.2, 0.25) is 0 Å². The average molecular weight is 504 g/mol. The Labute approximate surface area is 221 Å². The van der Waals surface area contributed by atoms with Crippen LogP contribution in [0.3, 0.4) is 0 Å². The Bertz CT molecular complexity index is 1580. The van der Waals surface area contributed by atoms with Gasteiger partial charge in [-0.05, 0) is 41.8 Å². The minimum atomic E-state index is -0.253. The summed E-state index contributed by atoms with van der Waals surface area (Å²) in [6.07, 6.45) is 3.07. The molecule has 0 saturated carbocycles. The molecule has 6 rings (SSSR count). The molecule has 3 aromatic carbocycles. The van der Waals surface area contributed by atoms with Gasteiger partial charge in [0, 0.05) is 25.0 Å². The minimum Gasteiger partial charge on any atom is -0.378 e. The van der Waals surface area contributed by atoms with Gasteiger partial charge in [-0.2, -0.15) is 0 Å². The maximum Gasteiger partial charge on any atom is 0.274 e. The van der Waals surface area contributed by atoms with Crippen molar-refractivity contribution in [1.82, 2.24) is 24.9 Å². The highest BCUT2D eigenvalue weighted by Crippen LogP contribution is 2.23. The van der Waals surface area contributed by atoms with Gasteiger partial charge in [-0.1, -0.05) is 65.9 Å². The largest absolute Gasteiger partial charge is 0.378 e. The third-order valence-electron chi connectivity index (χ3n) is 6.91. The number of hydrogen-bond donors (Lipinski definition) is 2. The maximum absolute atomic E-state index is 12.9. The zero-order chi connectivity index (χ0) is 25.7. The van der Waals surface area contributed by atoms with Gasteiger partial charge in [0.25, 0.3) is 5.91 Å². The molecule has 0 aliphatic carbocycles. The van der Waals surface area contributed by atoms with Gasteiger partial charge >= 0.3 is 0 Å². The van der Waals surface area contributed by atoms with Crippen molar-refractivity contribution in [3.63, 3.8) is 0 Å². The molecule has 0 fully saturated rings. The SMILES string of the molecule is O=C(Nc1ccccc1NCc1cn(CCN2CCc3ccccc3C2)nn1)c1ccc2ccccc2n1. The highest BCUT2D eigenvalue weighted by atomic mass is 16.1. The van der Waals surface area contributed by atoms with Crippen molar-refractivity contribution in [2.24, 2.45) is 0 Å². The number of pyridine rings is 1. The van der Waals surface area contributed by atoms with Gasteiger partial charge in [0.05, 0.1) is 36.2 Å². The number of para-hydroxylation sites is 3. The molecule has 1 aliphatic heterocycles. The summed E-state index contributed by atoms with van der Waals surface area (Å²) in [5.74, 6) is -0.253. The molecule has 0 unspecified atom stereocenters. The normalized spacial score (nSPS) is 13.3. The number of hydrogen-bond acceptors (Lipinski definition) is 6. The lowest BCUT2D eigenvalue weighted by molar-refractivity contribution is 0.102. The molecule has 0 saturated heterocycles. The molecule has 38 heavy (non-hydrogen) atoms. The lowest BCUT2D eigenvalue weighted by Crippen LogP contribution is -2.33. The summed E-state index contributed by atoms with van der Waals surface area (Å²) in [5, 5.41) is 16.0. The second-order valence-electron chi connectivity index (χ2n) is 9.51. The Balaban J connectivity index is 1.05. The van der Waals surface area contributed by atoms with Gasteiger partial charge in [-0.15, -0.1) is 5.10 Å². The van der Waals surface area contributed by atoms with Crippen molar-refractivity contribution >= 4 is 28.2 Å². The second-order valence-corrected chi connectivity index (χ2v) is 9.51. The fourth-order valence-electron chi connectivity index (χ4n) is 4.83. The van der Waals surface area contributed by atoms with Crippen LogP contribution in [0.15, 0.2) is 91.1 Å². The summed E-state index contributed by atoms with van der Waals surface area (Å²) in [7, 11) is 0. The number of benzene rings is 3. The van der Waals surface area contributed by atoms with E-state index in [9.17, 15) is 4.79 Å². The third kappa shape index (κ3) is 5.40. The number of nitrogens with one attached hydrogen (secondary N) is 2. The zero-order valence-corrected chi connectivity index (χ0v) is 21.0. The van der Waals surface area contributed by atoms with Crippen molar-refractivity contribution in [2.75, 3.05) is 23.7 Å². The van der Waals surface area contributed by atoms with E-state index in [-0.39, 0.29) is 5.91 Å². The maximum atomic E-state index is 12.9. The van der Waals surface area contributed by atoms with E-state index in [0.717, 1.165) is 54.9 Å². The van der Waals surface area contributed by atoms with E-state index in [4.69, 9.17) is 0 Å². The van der Waals surface area contributed by atoms with Crippen molar-refractivity contribution in [3.05, 3.63) is 114 Å². The number of anilines is 2. The number of amides is 1. The predicted octanol–water partition coefficient (Wildman–Crippen LogP) is 4.75. The van der Waals surface area contributed by atoms with Crippen molar-refractivity contribution in [2.45, 2.75) is 26.1 Å². The van der Waals surface area contributed by atoms with E-state index in [1.54, 1.807) is 6.07 Å². The molecule has 2 aromatic heterocycles. The lowest BCUT2D eigenvalue weighted by atomic mass is 10.00. The monoisotopic (exact) mass is 503 g/mol. The van der Waals surface area contributed by atoms with Gasteiger partial charge in [-0.3, -0.25) is 14.4 Å². The van der Waals surface area contributed by atoms with E-state index in [2.05, 4.69) is 55.1 Å². The zero-order valence-electron chi connectivity index (χ0n) is 21.0. The van der Waals surface area contributed by atoms with Crippen LogP contribution in [0.25, 0.3) is 10.9 Å². The Kier molecular flexibility index (Phi) is 6.78. The molecule has 0 spiro atoms. The van der Waals surface area contributed by atoms with Gasteiger partial charge in [-0.25, -0.2) is 4.98 Å². The van der Waals surface area contributed by atoms with Crippen LogP contribution in [-0.2, 0) is 26.1 Å². The predicted molar refractivity (Wildman–Crippen MR) is 149 cm³/mol. The second kappa shape index (κ2) is 10.8. The highest BCUT2D eigenvalue weighted by Gasteiger charge is 2.16. The molecule has 0 bridgehead atoms. The van der Waals surface area contributed by atoms with Gasteiger partial charge in [0.15, 0.2) is 0 Å². The summed E-state index contributed by atoms with van der Waals surface area (Å²) in [6, 6.07) is 27.7. The molecule has 0 atom stereocenters. The molecule has 3 heterocycles. The fourth-order valence-corrected chi connectivity index (χ4v) is 4.83. The average Bonchev–Trinajstić information content (AvgIpc) is 3.43. The van der Waals surface area contributed by atoms with Crippen LogP contribution >= 0.6 is 0 Å². The Morgan fingerprint density at radius 2 is 1.63 bits per heavy atom. The number of aromatic nitrogens is 4. The number of fused-ring (bicyclic) bond motifs is 2. The summed E-state index contributed by atoms with van der Waals surface area (Å²) >= 11 is 0. The molecule has 0 radical (unpaired) electrons. The van der Waals surface area contributed by atoms with E-state index in [1.807, 2.05) is 65.5 Å². The molecule has 8 heteroatoms. The summed E-state index contributed by atoms with van der Waals surface area (Å²) < 4.78 is 1.90. The van der Waals surface area contributed by atoms with Crippen LogP contribution in [0.4, 0.5) is 11.4 Å².